The third-order valence-electron chi connectivity index (χ3n) is 5.19. The summed E-state index contributed by atoms with van der Waals surface area (Å²) in [4.78, 5) is 16.5. The van der Waals surface area contributed by atoms with Gasteiger partial charge in [-0.25, -0.2) is 4.98 Å². The number of halogens is 4. The predicted octanol–water partition coefficient (Wildman–Crippen LogP) is 4.84. The molecule has 1 atom stereocenters. The van der Waals surface area contributed by atoms with E-state index in [1.54, 1.807) is 12.1 Å². The first-order valence-electron chi connectivity index (χ1n) is 8.94. The average molecular weight is 413 g/mol. The van der Waals surface area contributed by atoms with Crippen LogP contribution in [0.15, 0.2) is 36.5 Å². The van der Waals surface area contributed by atoms with Gasteiger partial charge in [-0.05, 0) is 37.0 Å². The summed E-state index contributed by atoms with van der Waals surface area (Å²) in [5.41, 5.74) is -1.26. The number of nitrogens with zero attached hydrogens (tertiary/aromatic N) is 1. The Morgan fingerprint density at radius 2 is 1.89 bits per heavy atom. The second-order valence-electron chi connectivity index (χ2n) is 7.09. The van der Waals surface area contributed by atoms with Gasteiger partial charge in [0.1, 0.15) is 5.69 Å². The number of amides is 1. The topological polar surface area (TPSA) is 62.2 Å². The van der Waals surface area contributed by atoms with Crippen molar-refractivity contribution in [3.8, 4) is 0 Å². The molecule has 1 aliphatic carbocycles. The lowest BCUT2D eigenvalue weighted by molar-refractivity contribution is -0.137. The smallest absolute Gasteiger partial charge is 0.387 e. The molecule has 0 bridgehead atoms. The molecule has 1 amide bonds. The summed E-state index contributed by atoms with van der Waals surface area (Å²) < 4.78 is 39.3. The fraction of sp³-hybridized carbons (Fsp3) is 0.400. The summed E-state index contributed by atoms with van der Waals surface area (Å²) in [6.45, 7) is 1.85. The van der Waals surface area contributed by atoms with E-state index in [-0.39, 0.29) is 0 Å². The number of aromatic nitrogens is 1. The Bertz CT molecular complexity index is 880. The first-order chi connectivity index (χ1) is 13.1. The van der Waals surface area contributed by atoms with Crippen molar-refractivity contribution in [1.29, 1.82) is 0 Å². The monoisotopic (exact) mass is 412 g/mol. The van der Waals surface area contributed by atoms with E-state index in [9.17, 15) is 23.1 Å². The summed E-state index contributed by atoms with van der Waals surface area (Å²) in [6.07, 6.45) is -1.23. The molecular formula is C20H20ClF3N2O2. The van der Waals surface area contributed by atoms with Gasteiger partial charge in [-0.3, -0.25) is 4.79 Å². The second-order valence-corrected chi connectivity index (χ2v) is 7.47. The van der Waals surface area contributed by atoms with Crippen molar-refractivity contribution in [3.63, 3.8) is 0 Å². The number of nitrogens with one attached hydrogen (secondary N) is 1. The van der Waals surface area contributed by atoms with Gasteiger partial charge in [0.15, 0.2) is 0 Å². The van der Waals surface area contributed by atoms with Crippen LogP contribution in [0.3, 0.4) is 0 Å². The maximum absolute atomic E-state index is 13.1. The number of benzene rings is 1. The number of carbonyl (C=O) groups is 1. The van der Waals surface area contributed by atoms with Gasteiger partial charge in [0.05, 0.1) is 22.2 Å². The summed E-state index contributed by atoms with van der Waals surface area (Å²) in [6, 6.07) is 7.20. The van der Waals surface area contributed by atoms with Crippen LogP contribution in [-0.4, -0.2) is 21.6 Å². The van der Waals surface area contributed by atoms with Crippen molar-refractivity contribution >= 4 is 17.5 Å². The Labute approximate surface area is 165 Å². The molecule has 1 aromatic carbocycles. The minimum atomic E-state index is -4.70. The molecule has 1 fully saturated rings. The number of aryl methyl sites for hydroxylation is 1. The summed E-state index contributed by atoms with van der Waals surface area (Å²) >= 11 is 5.84. The first-order valence-corrected chi connectivity index (χ1v) is 9.32. The molecule has 0 saturated heterocycles. The largest absolute Gasteiger partial charge is 0.417 e. The van der Waals surface area contributed by atoms with Crippen LogP contribution in [0.1, 0.15) is 58.9 Å². The highest BCUT2D eigenvalue weighted by Gasteiger charge is 2.42. The lowest BCUT2D eigenvalue weighted by atomic mass is 9.85. The highest BCUT2D eigenvalue weighted by Crippen LogP contribution is 2.41. The molecule has 1 aliphatic rings. The van der Waals surface area contributed by atoms with Crippen LogP contribution in [0.2, 0.25) is 5.02 Å². The fourth-order valence-corrected chi connectivity index (χ4v) is 4.01. The molecule has 3 rings (SSSR count). The molecule has 2 N–H and O–H groups in total. The molecule has 0 aliphatic heterocycles. The molecular weight excluding hydrogens is 393 g/mol. The lowest BCUT2D eigenvalue weighted by Crippen LogP contribution is -2.45. The maximum atomic E-state index is 13.1. The van der Waals surface area contributed by atoms with Crippen LogP contribution in [0.4, 0.5) is 13.2 Å². The highest BCUT2D eigenvalue weighted by molar-refractivity contribution is 6.34. The van der Waals surface area contributed by atoms with Crippen molar-refractivity contribution < 1.29 is 23.1 Å². The van der Waals surface area contributed by atoms with Crippen molar-refractivity contribution in [2.75, 3.05) is 0 Å². The van der Waals surface area contributed by atoms with Gasteiger partial charge < -0.3 is 10.4 Å². The van der Waals surface area contributed by atoms with Gasteiger partial charge in [0.2, 0.25) is 0 Å². The normalized spacial score (nSPS) is 17.4. The maximum Gasteiger partial charge on any atom is 0.417 e. The second kappa shape index (κ2) is 7.72. The molecule has 1 saturated carbocycles. The van der Waals surface area contributed by atoms with Gasteiger partial charge in [0, 0.05) is 6.20 Å². The minimum Gasteiger partial charge on any atom is -0.387 e. The molecule has 1 heterocycles. The molecule has 0 spiro atoms. The number of alkyl halides is 3. The number of hydrogen-bond donors (Lipinski definition) is 2. The number of aliphatic hydroxyl groups is 1. The van der Waals surface area contributed by atoms with Crippen molar-refractivity contribution in [3.05, 3.63) is 63.9 Å². The van der Waals surface area contributed by atoms with Crippen LogP contribution >= 0.6 is 11.6 Å². The summed E-state index contributed by atoms with van der Waals surface area (Å²) in [5.74, 6) is -0.857. The van der Waals surface area contributed by atoms with Gasteiger partial charge in [0.25, 0.3) is 5.91 Å². The number of carbonyl (C=O) groups excluding carboxylic acids is 1. The molecule has 8 heteroatoms. The quantitative estimate of drug-likeness (QED) is 0.755. The Hall–Kier alpha value is -2.12. The van der Waals surface area contributed by atoms with E-state index in [1.807, 2.05) is 19.1 Å². The van der Waals surface area contributed by atoms with Crippen LogP contribution in [-0.2, 0) is 6.18 Å². The SMILES string of the molecule is Cc1ccccc1C(NC(=O)c1nccc(C(F)(F)F)c1Cl)C1(O)CCCC1. The van der Waals surface area contributed by atoms with Crippen LogP contribution < -0.4 is 5.32 Å². The lowest BCUT2D eigenvalue weighted by Gasteiger charge is -2.34. The number of hydrogen-bond acceptors (Lipinski definition) is 3. The number of pyridine rings is 1. The van der Waals surface area contributed by atoms with Gasteiger partial charge in [-0.2, -0.15) is 13.2 Å². The Morgan fingerprint density at radius 1 is 1.25 bits per heavy atom. The third kappa shape index (κ3) is 4.00. The average Bonchev–Trinajstić information content (AvgIpc) is 3.07. The van der Waals surface area contributed by atoms with Gasteiger partial charge in [-0.1, -0.05) is 48.7 Å². The zero-order valence-electron chi connectivity index (χ0n) is 15.2. The van der Waals surface area contributed by atoms with Crippen molar-refractivity contribution in [2.45, 2.75) is 50.4 Å². The molecule has 28 heavy (non-hydrogen) atoms. The van der Waals surface area contributed by atoms with E-state index in [0.29, 0.717) is 18.4 Å². The number of rotatable bonds is 4. The van der Waals surface area contributed by atoms with E-state index in [0.717, 1.165) is 30.7 Å². The zero-order valence-corrected chi connectivity index (χ0v) is 15.9. The van der Waals surface area contributed by atoms with E-state index in [1.165, 1.54) is 0 Å². The van der Waals surface area contributed by atoms with Crippen LogP contribution in [0.5, 0.6) is 0 Å². The third-order valence-corrected chi connectivity index (χ3v) is 5.57. The van der Waals surface area contributed by atoms with Crippen molar-refractivity contribution in [1.82, 2.24) is 10.3 Å². The predicted molar refractivity (Wildman–Crippen MR) is 99.1 cm³/mol. The molecule has 1 aromatic heterocycles. The molecule has 0 radical (unpaired) electrons. The van der Waals surface area contributed by atoms with E-state index < -0.39 is 40.0 Å². The zero-order chi connectivity index (χ0) is 20.5. The van der Waals surface area contributed by atoms with Crippen LogP contribution in [0.25, 0.3) is 0 Å². The molecule has 1 unspecified atom stereocenters. The first kappa shape index (κ1) is 20.6. The minimum absolute atomic E-state index is 0.482. The summed E-state index contributed by atoms with van der Waals surface area (Å²) in [5, 5.41) is 13.1. The highest BCUT2D eigenvalue weighted by atomic mass is 35.5. The van der Waals surface area contributed by atoms with Crippen LogP contribution in [0, 0.1) is 6.92 Å². The van der Waals surface area contributed by atoms with E-state index in [4.69, 9.17) is 11.6 Å². The molecule has 2 aromatic rings. The van der Waals surface area contributed by atoms with Gasteiger partial charge >= 0.3 is 6.18 Å². The fourth-order valence-electron chi connectivity index (χ4n) is 3.71. The van der Waals surface area contributed by atoms with Gasteiger partial charge in [-0.15, -0.1) is 0 Å². The Balaban J connectivity index is 1.98. The molecule has 150 valence electrons. The van der Waals surface area contributed by atoms with E-state index >= 15 is 0 Å². The molecule has 4 nitrogen and oxygen atoms in total. The van der Waals surface area contributed by atoms with Crippen molar-refractivity contribution in [2.24, 2.45) is 0 Å². The Morgan fingerprint density at radius 3 is 2.50 bits per heavy atom. The standard InChI is InChI=1S/C20H20ClF3N2O2/c1-12-6-2-3-7-13(12)17(19(28)9-4-5-10-19)26-18(27)16-15(21)14(8-11-25-16)20(22,23)24/h2-3,6-8,11,17,28H,4-5,9-10H2,1H3,(H,26,27). The van der Waals surface area contributed by atoms with E-state index in [2.05, 4.69) is 10.3 Å². The Kier molecular flexibility index (Phi) is 5.68. The summed E-state index contributed by atoms with van der Waals surface area (Å²) in [7, 11) is 0.